The van der Waals surface area contributed by atoms with Crippen LogP contribution in [0, 0.1) is 5.92 Å². The molecular weight excluding hydrogens is 174 g/mol. The number of hydrogen-bond donors (Lipinski definition) is 1. The lowest BCUT2D eigenvalue weighted by atomic mass is 10.0. The van der Waals surface area contributed by atoms with Gasteiger partial charge in [0.05, 0.1) is 12.5 Å². The number of hydrogen-bond acceptors (Lipinski definition) is 2. The average molecular weight is 193 g/mol. The first-order valence-electron chi connectivity index (χ1n) is 5.64. The molecule has 0 bridgehead atoms. The van der Waals surface area contributed by atoms with Gasteiger partial charge in [-0.1, -0.05) is 6.92 Å². The highest BCUT2D eigenvalue weighted by molar-refractivity contribution is 5.09. The second kappa shape index (κ2) is 4.65. The molecule has 1 atom stereocenters. The zero-order chi connectivity index (χ0) is 9.80. The van der Waals surface area contributed by atoms with Gasteiger partial charge >= 0.3 is 0 Å². The lowest BCUT2D eigenvalue weighted by molar-refractivity contribution is 0.457. The highest BCUT2D eigenvalue weighted by Crippen LogP contribution is 2.34. The van der Waals surface area contributed by atoms with Crippen molar-refractivity contribution in [3.63, 3.8) is 0 Å². The van der Waals surface area contributed by atoms with Crippen molar-refractivity contribution in [1.29, 1.82) is 0 Å². The van der Waals surface area contributed by atoms with Gasteiger partial charge in [0.15, 0.2) is 0 Å². The number of rotatable bonds is 6. The van der Waals surface area contributed by atoms with E-state index in [1.807, 2.05) is 6.26 Å². The summed E-state index contributed by atoms with van der Waals surface area (Å²) < 4.78 is 5.09. The summed E-state index contributed by atoms with van der Waals surface area (Å²) in [6, 6.07) is 2.75. The fraction of sp³-hybridized carbons (Fsp3) is 0.667. The maximum atomic E-state index is 5.09. The van der Waals surface area contributed by atoms with Gasteiger partial charge < -0.3 is 9.73 Å². The summed E-state index contributed by atoms with van der Waals surface area (Å²) in [5.41, 5.74) is 1.32. The molecule has 0 aromatic carbocycles. The van der Waals surface area contributed by atoms with E-state index in [2.05, 4.69) is 18.3 Å². The van der Waals surface area contributed by atoms with Gasteiger partial charge in [0.25, 0.3) is 0 Å². The molecule has 2 nitrogen and oxygen atoms in total. The predicted molar refractivity (Wildman–Crippen MR) is 57.2 cm³/mol. The standard InChI is InChI=1S/C12H19NO/c1-2-6-13-12(11-3-4-11)8-10-5-7-14-9-10/h5,7,9,11-13H,2-4,6,8H2,1H3. The fourth-order valence-electron chi connectivity index (χ4n) is 1.90. The van der Waals surface area contributed by atoms with Crippen molar-refractivity contribution >= 4 is 0 Å². The molecular formula is C12H19NO. The van der Waals surface area contributed by atoms with Gasteiger partial charge in [0.1, 0.15) is 0 Å². The first-order valence-corrected chi connectivity index (χ1v) is 5.64. The number of nitrogens with one attached hydrogen (secondary N) is 1. The minimum atomic E-state index is 0.674. The van der Waals surface area contributed by atoms with Crippen molar-refractivity contribution in [2.75, 3.05) is 6.54 Å². The smallest absolute Gasteiger partial charge is 0.0935 e. The normalized spacial score (nSPS) is 18.4. The third-order valence-corrected chi connectivity index (χ3v) is 2.88. The molecule has 2 heteroatoms. The zero-order valence-corrected chi connectivity index (χ0v) is 8.83. The van der Waals surface area contributed by atoms with Gasteiger partial charge in [0.2, 0.25) is 0 Å². The maximum Gasteiger partial charge on any atom is 0.0935 e. The molecule has 0 radical (unpaired) electrons. The van der Waals surface area contributed by atoms with Crippen LogP contribution < -0.4 is 5.32 Å². The monoisotopic (exact) mass is 193 g/mol. The highest BCUT2D eigenvalue weighted by Gasteiger charge is 2.30. The Morgan fingerprint density at radius 3 is 3.00 bits per heavy atom. The van der Waals surface area contributed by atoms with E-state index in [0.717, 1.165) is 18.9 Å². The summed E-state index contributed by atoms with van der Waals surface area (Å²) >= 11 is 0. The van der Waals surface area contributed by atoms with Crippen LogP contribution in [0.3, 0.4) is 0 Å². The van der Waals surface area contributed by atoms with E-state index in [9.17, 15) is 0 Å². The van der Waals surface area contributed by atoms with Gasteiger partial charge in [-0.15, -0.1) is 0 Å². The Bertz CT molecular complexity index is 251. The molecule has 78 valence electrons. The molecule has 1 saturated carbocycles. The van der Waals surface area contributed by atoms with E-state index >= 15 is 0 Å². The summed E-state index contributed by atoms with van der Waals surface area (Å²) in [5.74, 6) is 0.913. The van der Waals surface area contributed by atoms with E-state index in [1.54, 1.807) is 6.26 Å². The lowest BCUT2D eigenvalue weighted by Gasteiger charge is -2.16. The molecule has 1 aromatic heterocycles. The van der Waals surface area contributed by atoms with Crippen molar-refractivity contribution in [2.45, 2.75) is 38.6 Å². The number of furan rings is 1. The summed E-state index contributed by atoms with van der Waals surface area (Å²) in [6.45, 7) is 3.35. The Labute approximate surface area is 85.7 Å². The summed E-state index contributed by atoms with van der Waals surface area (Å²) in [7, 11) is 0. The van der Waals surface area contributed by atoms with Crippen LogP contribution >= 0.6 is 0 Å². The van der Waals surface area contributed by atoms with Crippen LogP contribution in [0.25, 0.3) is 0 Å². The molecule has 0 saturated heterocycles. The third kappa shape index (κ3) is 2.61. The molecule has 14 heavy (non-hydrogen) atoms. The van der Waals surface area contributed by atoms with E-state index in [4.69, 9.17) is 4.42 Å². The molecule has 1 aliphatic carbocycles. The molecule has 0 amide bonds. The first-order chi connectivity index (χ1) is 6.90. The van der Waals surface area contributed by atoms with Gasteiger partial charge in [0, 0.05) is 6.04 Å². The minimum absolute atomic E-state index is 0.674. The maximum absolute atomic E-state index is 5.09. The van der Waals surface area contributed by atoms with Crippen molar-refractivity contribution in [2.24, 2.45) is 5.92 Å². The predicted octanol–water partition coefficient (Wildman–Crippen LogP) is 2.60. The average Bonchev–Trinajstić information content (AvgIpc) is 2.92. The van der Waals surface area contributed by atoms with Crippen LogP contribution in [0.1, 0.15) is 31.7 Å². The van der Waals surface area contributed by atoms with Crippen molar-refractivity contribution in [3.05, 3.63) is 24.2 Å². The Morgan fingerprint density at radius 1 is 1.57 bits per heavy atom. The van der Waals surface area contributed by atoms with Gasteiger partial charge in [-0.25, -0.2) is 0 Å². The quantitative estimate of drug-likeness (QED) is 0.751. The van der Waals surface area contributed by atoms with Crippen molar-refractivity contribution in [1.82, 2.24) is 5.32 Å². The fourth-order valence-corrected chi connectivity index (χ4v) is 1.90. The molecule has 1 heterocycles. The molecule has 1 aliphatic rings. The summed E-state index contributed by atoms with van der Waals surface area (Å²) in [6.07, 6.45) is 8.77. The van der Waals surface area contributed by atoms with Gasteiger partial charge in [-0.05, 0) is 49.8 Å². The molecule has 1 aromatic rings. The topological polar surface area (TPSA) is 25.2 Å². The molecule has 1 fully saturated rings. The summed E-state index contributed by atoms with van der Waals surface area (Å²) in [5, 5.41) is 3.63. The largest absolute Gasteiger partial charge is 0.472 e. The van der Waals surface area contributed by atoms with Crippen LogP contribution in [-0.2, 0) is 6.42 Å². The highest BCUT2D eigenvalue weighted by atomic mass is 16.3. The van der Waals surface area contributed by atoms with Crippen LogP contribution in [0.5, 0.6) is 0 Å². The van der Waals surface area contributed by atoms with Crippen LogP contribution in [0.2, 0.25) is 0 Å². The van der Waals surface area contributed by atoms with Crippen molar-refractivity contribution in [3.8, 4) is 0 Å². The molecule has 1 unspecified atom stereocenters. The van der Waals surface area contributed by atoms with E-state index < -0.39 is 0 Å². The van der Waals surface area contributed by atoms with Gasteiger partial charge in [-0.2, -0.15) is 0 Å². The minimum Gasteiger partial charge on any atom is -0.472 e. The zero-order valence-electron chi connectivity index (χ0n) is 8.83. The second-order valence-corrected chi connectivity index (χ2v) is 4.23. The van der Waals surface area contributed by atoms with Gasteiger partial charge in [-0.3, -0.25) is 0 Å². The molecule has 1 N–H and O–H groups in total. The summed E-state index contributed by atoms with van der Waals surface area (Å²) in [4.78, 5) is 0. The Kier molecular flexibility index (Phi) is 3.25. The van der Waals surface area contributed by atoms with E-state index in [0.29, 0.717) is 6.04 Å². The van der Waals surface area contributed by atoms with Crippen LogP contribution in [0.15, 0.2) is 23.0 Å². The molecule has 2 rings (SSSR count). The van der Waals surface area contributed by atoms with Crippen LogP contribution in [0.4, 0.5) is 0 Å². The third-order valence-electron chi connectivity index (χ3n) is 2.88. The Morgan fingerprint density at radius 2 is 2.43 bits per heavy atom. The van der Waals surface area contributed by atoms with E-state index in [-0.39, 0.29) is 0 Å². The van der Waals surface area contributed by atoms with Crippen LogP contribution in [-0.4, -0.2) is 12.6 Å². The molecule has 0 aliphatic heterocycles. The lowest BCUT2D eigenvalue weighted by Crippen LogP contribution is -2.33. The van der Waals surface area contributed by atoms with E-state index in [1.165, 1.54) is 24.8 Å². The second-order valence-electron chi connectivity index (χ2n) is 4.23. The molecule has 0 spiro atoms. The van der Waals surface area contributed by atoms with Crippen molar-refractivity contribution < 1.29 is 4.42 Å². The first kappa shape index (κ1) is 9.78. The Hall–Kier alpha value is -0.760. The SMILES string of the molecule is CCCNC(Cc1ccoc1)C1CC1. The Balaban J connectivity index is 1.84.